The van der Waals surface area contributed by atoms with Crippen molar-refractivity contribution in [2.24, 2.45) is 5.92 Å². The highest BCUT2D eigenvalue weighted by Gasteiger charge is 2.15. The summed E-state index contributed by atoms with van der Waals surface area (Å²) in [4.78, 5) is 16.8. The SMILES string of the molecule is Cc1cc(C#N)cc(N(C)CC(C)C(=O)O)n1. The number of carboxylic acids is 1. The maximum Gasteiger partial charge on any atom is 0.308 e. The van der Waals surface area contributed by atoms with Crippen molar-refractivity contribution in [3.05, 3.63) is 23.4 Å². The zero-order valence-corrected chi connectivity index (χ0v) is 10.1. The van der Waals surface area contributed by atoms with Crippen molar-refractivity contribution in [3.8, 4) is 6.07 Å². The summed E-state index contributed by atoms with van der Waals surface area (Å²) in [6.45, 7) is 3.80. The topological polar surface area (TPSA) is 77.2 Å². The molecule has 1 N–H and O–H groups in total. The van der Waals surface area contributed by atoms with Crippen LogP contribution in [0.1, 0.15) is 18.2 Å². The van der Waals surface area contributed by atoms with Crippen molar-refractivity contribution in [1.82, 2.24) is 4.98 Å². The summed E-state index contributed by atoms with van der Waals surface area (Å²) in [5.41, 5.74) is 1.27. The van der Waals surface area contributed by atoms with Crippen LogP contribution in [0.25, 0.3) is 0 Å². The first-order valence-electron chi connectivity index (χ1n) is 5.26. The molecule has 0 spiro atoms. The van der Waals surface area contributed by atoms with Gasteiger partial charge in [0.2, 0.25) is 0 Å². The van der Waals surface area contributed by atoms with Gasteiger partial charge in [-0.1, -0.05) is 6.92 Å². The summed E-state index contributed by atoms with van der Waals surface area (Å²) in [7, 11) is 1.77. The lowest BCUT2D eigenvalue weighted by Gasteiger charge is -2.20. The fourth-order valence-corrected chi connectivity index (χ4v) is 1.49. The molecule has 0 saturated carbocycles. The van der Waals surface area contributed by atoms with Gasteiger partial charge >= 0.3 is 5.97 Å². The third-order valence-corrected chi connectivity index (χ3v) is 2.43. The summed E-state index contributed by atoms with van der Waals surface area (Å²) in [5.74, 6) is -0.701. The van der Waals surface area contributed by atoms with Crippen molar-refractivity contribution >= 4 is 11.8 Å². The van der Waals surface area contributed by atoms with Gasteiger partial charge < -0.3 is 10.0 Å². The van der Waals surface area contributed by atoms with Crippen LogP contribution < -0.4 is 4.90 Å². The van der Waals surface area contributed by atoms with E-state index in [0.29, 0.717) is 17.9 Å². The van der Waals surface area contributed by atoms with Crippen molar-refractivity contribution in [2.45, 2.75) is 13.8 Å². The third kappa shape index (κ3) is 3.45. The minimum absolute atomic E-state index is 0.358. The first-order valence-corrected chi connectivity index (χ1v) is 5.26. The predicted molar refractivity (Wildman–Crippen MR) is 63.8 cm³/mol. The van der Waals surface area contributed by atoms with E-state index in [4.69, 9.17) is 10.4 Å². The molecule has 90 valence electrons. The number of nitrogens with zero attached hydrogens (tertiary/aromatic N) is 3. The molecule has 0 bridgehead atoms. The number of anilines is 1. The van der Waals surface area contributed by atoms with Crippen LogP contribution in [-0.2, 0) is 4.79 Å². The number of rotatable bonds is 4. The highest BCUT2D eigenvalue weighted by molar-refractivity contribution is 5.70. The molecule has 0 saturated heterocycles. The smallest absolute Gasteiger partial charge is 0.308 e. The first-order chi connectivity index (χ1) is 7.93. The maximum absolute atomic E-state index is 10.8. The fourth-order valence-electron chi connectivity index (χ4n) is 1.49. The van der Waals surface area contributed by atoms with Crippen molar-refractivity contribution < 1.29 is 9.90 Å². The molecule has 1 heterocycles. The molecule has 0 aliphatic carbocycles. The number of hydrogen-bond acceptors (Lipinski definition) is 4. The van der Waals surface area contributed by atoms with Crippen molar-refractivity contribution in [2.75, 3.05) is 18.5 Å². The van der Waals surface area contributed by atoms with E-state index in [2.05, 4.69) is 11.1 Å². The van der Waals surface area contributed by atoms with Gasteiger partial charge in [-0.25, -0.2) is 4.98 Å². The Labute approximate surface area is 100 Å². The minimum Gasteiger partial charge on any atom is -0.481 e. The number of aryl methyl sites for hydroxylation is 1. The van der Waals surface area contributed by atoms with E-state index in [9.17, 15) is 4.79 Å². The van der Waals surface area contributed by atoms with Gasteiger partial charge in [0.15, 0.2) is 0 Å². The van der Waals surface area contributed by atoms with Gasteiger partial charge in [-0.15, -0.1) is 0 Å². The Balaban J connectivity index is 2.89. The van der Waals surface area contributed by atoms with Gasteiger partial charge in [-0.2, -0.15) is 5.26 Å². The van der Waals surface area contributed by atoms with Gasteiger partial charge in [0.25, 0.3) is 0 Å². The highest BCUT2D eigenvalue weighted by atomic mass is 16.4. The van der Waals surface area contributed by atoms with E-state index >= 15 is 0 Å². The number of pyridine rings is 1. The zero-order valence-electron chi connectivity index (χ0n) is 10.1. The average Bonchev–Trinajstić information content (AvgIpc) is 2.27. The van der Waals surface area contributed by atoms with Crippen LogP contribution >= 0.6 is 0 Å². The van der Waals surface area contributed by atoms with Crippen LogP contribution in [-0.4, -0.2) is 29.7 Å². The van der Waals surface area contributed by atoms with E-state index in [1.165, 1.54) is 0 Å². The molecule has 0 aliphatic rings. The average molecular weight is 233 g/mol. The van der Waals surface area contributed by atoms with E-state index in [-0.39, 0.29) is 0 Å². The van der Waals surface area contributed by atoms with Crippen LogP contribution in [0.15, 0.2) is 12.1 Å². The Morgan fingerprint density at radius 1 is 1.65 bits per heavy atom. The summed E-state index contributed by atoms with van der Waals surface area (Å²) >= 11 is 0. The van der Waals surface area contributed by atoms with Crippen molar-refractivity contribution in [3.63, 3.8) is 0 Å². The highest BCUT2D eigenvalue weighted by Crippen LogP contribution is 2.14. The molecule has 1 aromatic heterocycles. The van der Waals surface area contributed by atoms with Gasteiger partial charge in [-0.05, 0) is 19.1 Å². The maximum atomic E-state index is 10.8. The van der Waals surface area contributed by atoms with Crippen molar-refractivity contribution in [1.29, 1.82) is 5.26 Å². The standard InChI is InChI=1S/C12H15N3O2/c1-8(12(16)17)7-15(3)11-5-10(6-13)4-9(2)14-11/h4-5,8H,7H2,1-3H3,(H,16,17). The zero-order chi connectivity index (χ0) is 13.0. The minimum atomic E-state index is -0.843. The van der Waals surface area contributed by atoms with Crippen LogP contribution in [0.5, 0.6) is 0 Å². The second kappa shape index (κ2) is 5.30. The lowest BCUT2D eigenvalue weighted by atomic mass is 10.1. The normalized spacial score (nSPS) is 11.6. The molecule has 5 nitrogen and oxygen atoms in total. The second-order valence-electron chi connectivity index (χ2n) is 4.09. The molecule has 0 aromatic carbocycles. The molecule has 0 radical (unpaired) electrons. The molecule has 0 fully saturated rings. The molecular weight excluding hydrogens is 218 g/mol. The number of aromatic nitrogens is 1. The van der Waals surface area contributed by atoms with Gasteiger partial charge in [0.05, 0.1) is 17.6 Å². The quantitative estimate of drug-likeness (QED) is 0.851. The summed E-state index contributed by atoms with van der Waals surface area (Å²) in [6.07, 6.45) is 0. The number of carboxylic acid groups (broad SMARTS) is 1. The molecule has 1 aromatic rings. The molecule has 0 amide bonds. The summed E-state index contributed by atoms with van der Waals surface area (Å²) < 4.78 is 0. The second-order valence-corrected chi connectivity index (χ2v) is 4.09. The molecule has 17 heavy (non-hydrogen) atoms. The number of aliphatic carboxylic acids is 1. The van der Waals surface area contributed by atoms with Crippen LogP contribution in [0.2, 0.25) is 0 Å². The van der Waals surface area contributed by atoms with Crippen LogP contribution in [0, 0.1) is 24.2 Å². The van der Waals surface area contributed by atoms with Gasteiger partial charge in [0, 0.05) is 19.3 Å². The molecule has 0 aliphatic heterocycles. The molecule has 5 heteroatoms. The summed E-state index contributed by atoms with van der Waals surface area (Å²) in [5, 5.41) is 17.7. The van der Waals surface area contributed by atoms with E-state index < -0.39 is 11.9 Å². The predicted octanol–water partition coefficient (Wildman–Crippen LogP) is 1.42. The molecule has 1 rings (SSSR count). The number of hydrogen-bond donors (Lipinski definition) is 1. The lowest BCUT2D eigenvalue weighted by molar-refractivity contribution is -0.140. The van der Waals surface area contributed by atoms with Crippen LogP contribution in [0.3, 0.4) is 0 Å². The monoisotopic (exact) mass is 233 g/mol. The molecule has 1 unspecified atom stereocenters. The van der Waals surface area contributed by atoms with E-state index in [1.54, 1.807) is 37.9 Å². The molecule has 1 atom stereocenters. The van der Waals surface area contributed by atoms with E-state index in [0.717, 1.165) is 5.69 Å². The van der Waals surface area contributed by atoms with Crippen LogP contribution in [0.4, 0.5) is 5.82 Å². The Hall–Kier alpha value is -2.09. The van der Waals surface area contributed by atoms with E-state index in [1.807, 2.05) is 0 Å². The Kier molecular flexibility index (Phi) is 4.05. The molecular formula is C12H15N3O2. The Morgan fingerprint density at radius 2 is 2.29 bits per heavy atom. The Morgan fingerprint density at radius 3 is 2.82 bits per heavy atom. The lowest BCUT2D eigenvalue weighted by Crippen LogP contribution is -2.29. The number of carbonyl (C=O) groups is 1. The van der Waals surface area contributed by atoms with Gasteiger partial charge in [0.1, 0.15) is 5.82 Å². The third-order valence-electron chi connectivity index (χ3n) is 2.43. The fraction of sp³-hybridized carbons (Fsp3) is 0.417. The first kappa shape index (κ1) is 13.0. The van der Waals surface area contributed by atoms with Gasteiger partial charge in [-0.3, -0.25) is 4.79 Å². The summed E-state index contributed by atoms with van der Waals surface area (Å²) in [6, 6.07) is 5.40. The largest absolute Gasteiger partial charge is 0.481 e. The Bertz CT molecular complexity index is 465. The number of nitriles is 1.